The zero-order chi connectivity index (χ0) is 19.9. The standard InChI is InChI=1S/C17H18N2O7S/c1-2-18-17(22)19-14(20)10-26-16(21)15-12(8-9-25-15)11-27(23,24)13-6-4-3-5-7-13/h3-9H,2,10-11H2,1H3,(H2,18,19,20,22). The van der Waals surface area contributed by atoms with Gasteiger partial charge in [0.05, 0.1) is 16.9 Å². The van der Waals surface area contributed by atoms with Crippen LogP contribution >= 0.6 is 0 Å². The van der Waals surface area contributed by atoms with Gasteiger partial charge >= 0.3 is 12.0 Å². The van der Waals surface area contributed by atoms with Crippen LogP contribution in [0.15, 0.2) is 52.0 Å². The fraction of sp³-hybridized carbons (Fsp3) is 0.235. The average Bonchev–Trinajstić information content (AvgIpc) is 3.08. The Balaban J connectivity index is 2.01. The maximum Gasteiger partial charge on any atom is 0.375 e. The third-order valence-corrected chi connectivity index (χ3v) is 4.99. The summed E-state index contributed by atoms with van der Waals surface area (Å²) in [6, 6.07) is 8.37. The molecule has 0 bridgehead atoms. The molecule has 27 heavy (non-hydrogen) atoms. The van der Waals surface area contributed by atoms with Gasteiger partial charge in [-0.15, -0.1) is 0 Å². The van der Waals surface area contributed by atoms with Gasteiger partial charge in [0.25, 0.3) is 5.91 Å². The van der Waals surface area contributed by atoms with Gasteiger partial charge in [-0.3, -0.25) is 10.1 Å². The molecule has 0 spiro atoms. The first-order valence-corrected chi connectivity index (χ1v) is 9.57. The van der Waals surface area contributed by atoms with E-state index in [1.54, 1.807) is 25.1 Å². The summed E-state index contributed by atoms with van der Waals surface area (Å²) in [7, 11) is -3.69. The maximum absolute atomic E-state index is 12.4. The van der Waals surface area contributed by atoms with Crippen molar-refractivity contribution in [2.24, 2.45) is 0 Å². The number of urea groups is 1. The minimum absolute atomic E-state index is 0.104. The number of rotatable bonds is 7. The van der Waals surface area contributed by atoms with Crippen LogP contribution in [0.2, 0.25) is 0 Å². The summed E-state index contributed by atoms with van der Waals surface area (Å²) < 4.78 is 34.6. The molecule has 0 saturated carbocycles. The third kappa shape index (κ3) is 5.68. The molecule has 1 aromatic heterocycles. The monoisotopic (exact) mass is 394 g/mol. The van der Waals surface area contributed by atoms with E-state index in [0.29, 0.717) is 6.54 Å². The Labute approximate surface area is 155 Å². The van der Waals surface area contributed by atoms with Crippen molar-refractivity contribution in [2.75, 3.05) is 13.2 Å². The lowest BCUT2D eigenvalue weighted by Crippen LogP contribution is -2.41. The van der Waals surface area contributed by atoms with Gasteiger partial charge in [-0.25, -0.2) is 18.0 Å². The smallest absolute Gasteiger partial charge is 0.375 e. The minimum atomic E-state index is -3.69. The number of benzene rings is 1. The van der Waals surface area contributed by atoms with Crippen molar-refractivity contribution in [3.63, 3.8) is 0 Å². The molecule has 10 heteroatoms. The number of nitrogens with one attached hydrogen (secondary N) is 2. The fourth-order valence-electron chi connectivity index (χ4n) is 2.11. The number of sulfone groups is 1. The zero-order valence-electron chi connectivity index (χ0n) is 14.4. The van der Waals surface area contributed by atoms with Gasteiger partial charge in [0.2, 0.25) is 5.76 Å². The second-order valence-electron chi connectivity index (χ2n) is 5.33. The van der Waals surface area contributed by atoms with Crippen molar-refractivity contribution in [3.8, 4) is 0 Å². The number of imide groups is 1. The molecule has 1 heterocycles. The van der Waals surface area contributed by atoms with Crippen LogP contribution in [0.5, 0.6) is 0 Å². The molecule has 1 aromatic carbocycles. The van der Waals surface area contributed by atoms with Crippen molar-refractivity contribution < 1.29 is 32.0 Å². The van der Waals surface area contributed by atoms with Crippen LogP contribution in [0.25, 0.3) is 0 Å². The number of ether oxygens (including phenoxy) is 1. The fourth-order valence-corrected chi connectivity index (χ4v) is 3.48. The predicted molar refractivity (Wildman–Crippen MR) is 93.5 cm³/mol. The highest BCUT2D eigenvalue weighted by Crippen LogP contribution is 2.20. The highest BCUT2D eigenvalue weighted by Gasteiger charge is 2.24. The first-order valence-electron chi connectivity index (χ1n) is 7.92. The molecular weight excluding hydrogens is 376 g/mol. The molecule has 0 aliphatic heterocycles. The van der Waals surface area contributed by atoms with Gasteiger partial charge in [0, 0.05) is 12.1 Å². The number of hydrogen-bond acceptors (Lipinski definition) is 7. The van der Waals surface area contributed by atoms with E-state index in [1.807, 2.05) is 5.32 Å². The normalized spacial score (nSPS) is 10.9. The summed E-state index contributed by atoms with van der Waals surface area (Å²) in [5.74, 6) is -2.63. The van der Waals surface area contributed by atoms with Crippen LogP contribution in [0.4, 0.5) is 4.79 Å². The van der Waals surface area contributed by atoms with Gasteiger partial charge < -0.3 is 14.5 Å². The molecular formula is C17H18N2O7S. The molecule has 0 unspecified atom stereocenters. The summed E-state index contributed by atoms with van der Waals surface area (Å²) in [5, 5.41) is 4.31. The molecule has 2 N–H and O–H groups in total. The lowest BCUT2D eigenvalue weighted by atomic mass is 10.3. The number of amides is 3. The van der Waals surface area contributed by atoms with E-state index in [0.717, 1.165) is 6.26 Å². The van der Waals surface area contributed by atoms with Crippen molar-refractivity contribution in [1.29, 1.82) is 0 Å². The molecule has 9 nitrogen and oxygen atoms in total. The van der Waals surface area contributed by atoms with E-state index in [-0.39, 0.29) is 16.2 Å². The minimum Gasteiger partial charge on any atom is -0.457 e. The molecule has 0 atom stereocenters. The Morgan fingerprint density at radius 1 is 1.11 bits per heavy atom. The van der Waals surface area contributed by atoms with Gasteiger partial charge in [-0.2, -0.15) is 0 Å². The van der Waals surface area contributed by atoms with Crippen LogP contribution in [0, 0.1) is 0 Å². The van der Waals surface area contributed by atoms with Gasteiger partial charge in [0.1, 0.15) is 0 Å². The summed E-state index contributed by atoms with van der Waals surface area (Å²) in [6.07, 6.45) is 1.15. The summed E-state index contributed by atoms with van der Waals surface area (Å²) in [5.41, 5.74) is 0.105. The summed E-state index contributed by atoms with van der Waals surface area (Å²) in [6.45, 7) is 1.28. The summed E-state index contributed by atoms with van der Waals surface area (Å²) >= 11 is 0. The maximum atomic E-state index is 12.4. The third-order valence-electron chi connectivity index (χ3n) is 3.30. The first-order chi connectivity index (χ1) is 12.8. The van der Waals surface area contributed by atoms with Crippen molar-refractivity contribution in [1.82, 2.24) is 10.6 Å². The number of esters is 1. The van der Waals surface area contributed by atoms with Crippen LogP contribution in [0.1, 0.15) is 23.0 Å². The second kappa shape index (κ2) is 8.99. The van der Waals surface area contributed by atoms with E-state index in [4.69, 9.17) is 9.15 Å². The summed E-state index contributed by atoms with van der Waals surface area (Å²) in [4.78, 5) is 34.9. The van der Waals surface area contributed by atoms with E-state index in [1.165, 1.54) is 18.2 Å². The number of carbonyl (C=O) groups excluding carboxylic acids is 3. The zero-order valence-corrected chi connectivity index (χ0v) is 15.2. The largest absolute Gasteiger partial charge is 0.457 e. The second-order valence-corrected chi connectivity index (χ2v) is 7.32. The number of furan rings is 1. The van der Waals surface area contributed by atoms with Gasteiger partial charge in [0.15, 0.2) is 16.4 Å². The van der Waals surface area contributed by atoms with E-state index >= 15 is 0 Å². The Hall–Kier alpha value is -3.14. The molecule has 2 aromatic rings. The quantitative estimate of drug-likeness (QED) is 0.676. The van der Waals surface area contributed by atoms with Crippen LogP contribution < -0.4 is 10.6 Å². The molecule has 0 saturated heterocycles. The van der Waals surface area contributed by atoms with E-state index < -0.39 is 40.1 Å². The molecule has 0 radical (unpaired) electrons. The number of carbonyl (C=O) groups is 3. The van der Waals surface area contributed by atoms with Crippen LogP contribution in [-0.2, 0) is 25.1 Å². The van der Waals surface area contributed by atoms with Gasteiger partial charge in [-0.05, 0) is 25.1 Å². The van der Waals surface area contributed by atoms with Crippen LogP contribution in [-0.4, -0.2) is 39.5 Å². The number of hydrogen-bond donors (Lipinski definition) is 2. The Kier molecular flexibility index (Phi) is 6.72. The molecule has 2 rings (SSSR count). The van der Waals surface area contributed by atoms with E-state index in [9.17, 15) is 22.8 Å². The van der Waals surface area contributed by atoms with Crippen molar-refractivity contribution in [2.45, 2.75) is 17.6 Å². The lowest BCUT2D eigenvalue weighted by molar-refractivity contribution is -0.123. The first kappa shape index (κ1) is 20.2. The Morgan fingerprint density at radius 2 is 1.81 bits per heavy atom. The Morgan fingerprint density at radius 3 is 2.48 bits per heavy atom. The van der Waals surface area contributed by atoms with E-state index in [2.05, 4.69) is 5.32 Å². The lowest BCUT2D eigenvalue weighted by Gasteiger charge is -2.07. The predicted octanol–water partition coefficient (Wildman–Crippen LogP) is 1.26. The van der Waals surface area contributed by atoms with Crippen molar-refractivity contribution in [3.05, 3.63) is 54.0 Å². The molecule has 0 fully saturated rings. The average molecular weight is 394 g/mol. The molecule has 144 valence electrons. The highest BCUT2D eigenvalue weighted by molar-refractivity contribution is 7.90. The molecule has 0 aliphatic rings. The topological polar surface area (TPSA) is 132 Å². The molecule has 3 amide bonds. The van der Waals surface area contributed by atoms with Gasteiger partial charge in [-0.1, -0.05) is 18.2 Å². The Bertz CT molecular complexity index is 920. The SMILES string of the molecule is CCNC(=O)NC(=O)COC(=O)c1occc1CS(=O)(=O)c1ccccc1. The molecule has 0 aliphatic carbocycles. The van der Waals surface area contributed by atoms with Crippen molar-refractivity contribution >= 4 is 27.7 Å². The highest BCUT2D eigenvalue weighted by atomic mass is 32.2. The van der Waals surface area contributed by atoms with Crippen LogP contribution in [0.3, 0.4) is 0 Å².